The lowest BCUT2D eigenvalue weighted by Gasteiger charge is -2.12. The predicted octanol–water partition coefficient (Wildman–Crippen LogP) is 2.45. The smallest absolute Gasteiger partial charge is 0.160 e. The lowest BCUT2D eigenvalue weighted by molar-refractivity contribution is -0.685. The van der Waals surface area contributed by atoms with Crippen molar-refractivity contribution in [3.05, 3.63) is 53.6 Å². The molecule has 0 aliphatic rings. The van der Waals surface area contributed by atoms with E-state index in [4.69, 9.17) is 14.2 Å². The lowest BCUT2D eigenvalue weighted by Crippen LogP contribution is -2.90. The number of hydrogen-bond acceptors (Lipinski definition) is 3. The average molecular weight is 330 g/mol. The Morgan fingerprint density at radius 3 is 2.12 bits per heavy atom. The van der Waals surface area contributed by atoms with Crippen LogP contribution in [0.3, 0.4) is 0 Å². The summed E-state index contributed by atoms with van der Waals surface area (Å²) in [6.45, 7) is 3.31. The Balaban J connectivity index is 1.80. The van der Waals surface area contributed by atoms with E-state index in [0.29, 0.717) is 6.04 Å². The van der Waals surface area contributed by atoms with E-state index < -0.39 is 0 Å². The number of benzene rings is 2. The van der Waals surface area contributed by atoms with Gasteiger partial charge in [0.05, 0.1) is 33.9 Å². The molecule has 2 N–H and O–H groups in total. The molecule has 0 heterocycles. The van der Waals surface area contributed by atoms with Crippen molar-refractivity contribution in [3.8, 4) is 17.2 Å². The minimum atomic E-state index is 0.540. The number of quaternary nitrogens is 1. The van der Waals surface area contributed by atoms with Gasteiger partial charge in [0.25, 0.3) is 0 Å². The monoisotopic (exact) mass is 330 g/mol. The molecule has 0 fully saturated rings. The predicted molar refractivity (Wildman–Crippen MR) is 96.2 cm³/mol. The Labute approximate surface area is 144 Å². The summed E-state index contributed by atoms with van der Waals surface area (Å²) in [5, 5.41) is 2.39. The molecule has 1 atom stereocenters. The van der Waals surface area contributed by atoms with Gasteiger partial charge in [0.15, 0.2) is 11.5 Å². The zero-order chi connectivity index (χ0) is 17.4. The number of methoxy groups -OCH3 is 3. The fourth-order valence-electron chi connectivity index (χ4n) is 2.79. The standard InChI is InChI=1S/C20H27NO3/c1-15(13-16-5-8-18(22-2)9-6-16)21-12-11-17-7-10-19(23-3)20(14-17)24-4/h5-10,14-15,21H,11-13H2,1-4H3/p+1/t15-/m1/s1. The molecule has 0 aliphatic carbocycles. The molecule has 0 saturated carbocycles. The van der Waals surface area contributed by atoms with E-state index in [0.717, 1.165) is 36.6 Å². The van der Waals surface area contributed by atoms with Crippen LogP contribution in [-0.2, 0) is 12.8 Å². The second-order valence-corrected chi connectivity index (χ2v) is 5.99. The highest BCUT2D eigenvalue weighted by atomic mass is 16.5. The summed E-state index contributed by atoms with van der Waals surface area (Å²) < 4.78 is 15.8. The van der Waals surface area contributed by atoms with E-state index in [1.807, 2.05) is 18.2 Å². The fraction of sp³-hybridized carbons (Fsp3) is 0.400. The van der Waals surface area contributed by atoms with Crippen molar-refractivity contribution in [2.24, 2.45) is 0 Å². The van der Waals surface area contributed by atoms with Crippen LogP contribution in [0.2, 0.25) is 0 Å². The first-order valence-corrected chi connectivity index (χ1v) is 8.33. The number of hydrogen-bond donors (Lipinski definition) is 1. The molecule has 130 valence electrons. The molecule has 0 aromatic heterocycles. The van der Waals surface area contributed by atoms with Crippen LogP contribution in [-0.4, -0.2) is 33.9 Å². The van der Waals surface area contributed by atoms with Crippen molar-refractivity contribution in [2.75, 3.05) is 27.9 Å². The zero-order valence-corrected chi connectivity index (χ0v) is 15.0. The molecule has 2 aromatic carbocycles. The molecule has 4 nitrogen and oxygen atoms in total. The van der Waals surface area contributed by atoms with Crippen LogP contribution in [0.5, 0.6) is 17.2 Å². The normalized spacial score (nSPS) is 11.8. The molecule has 0 aliphatic heterocycles. The zero-order valence-electron chi connectivity index (χ0n) is 15.0. The van der Waals surface area contributed by atoms with Crippen LogP contribution in [0.1, 0.15) is 18.1 Å². The highest BCUT2D eigenvalue weighted by Crippen LogP contribution is 2.27. The second kappa shape index (κ2) is 9.18. The van der Waals surface area contributed by atoms with Crippen LogP contribution in [0, 0.1) is 0 Å². The van der Waals surface area contributed by atoms with E-state index in [1.54, 1.807) is 21.3 Å². The van der Waals surface area contributed by atoms with Crippen LogP contribution >= 0.6 is 0 Å². The molecule has 0 spiro atoms. The summed E-state index contributed by atoms with van der Waals surface area (Å²) >= 11 is 0. The maximum atomic E-state index is 5.36. The van der Waals surface area contributed by atoms with E-state index in [2.05, 4.69) is 36.5 Å². The first-order valence-electron chi connectivity index (χ1n) is 8.33. The number of nitrogens with two attached hydrogens (primary N) is 1. The average Bonchev–Trinajstić information content (AvgIpc) is 2.62. The highest BCUT2D eigenvalue weighted by molar-refractivity contribution is 5.42. The summed E-state index contributed by atoms with van der Waals surface area (Å²) in [5.74, 6) is 2.48. The van der Waals surface area contributed by atoms with Crippen LogP contribution in [0.25, 0.3) is 0 Å². The van der Waals surface area contributed by atoms with Gasteiger partial charge < -0.3 is 19.5 Å². The van der Waals surface area contributed by atoms with Gasteiger partial charge in [-0.15, -0.1) is 0 Å². The molecule has 2 rings (SSSR count). The third-order valence-corrected chi connectivity index (χ3v) is 4.17. The van der Waals surface area contributed by atoms with Crippen molar-refractivity contribution in [3.63, 3.8) is 0 Å². The van der Waals surface area contributed by atoms with Gasteiger partial charge in [-0.25, -0.2) is 0 Å². The first kappa shape index (κ1) is 18.1. The van der Waals surface area contributed by atoms with Gasteiger partial charge in [0.1, 0.15) is 5.75 Å². The molecule has 2 aromatic rings. The third-order valence-electron chi connectivity index (χ3n) is 4.17. The summed E-state index contributed by atoms with van der Waals surface area (Å²) in [7, 11) is 5.02. The Bertz CT molecular complexity index is 625. The van der Waals surface area contributed by atoms with Crippen LogP contribution in [0.4, 0.5) is 0 Å². The molecule has 0 saturated heterocycles. The maximum Gasteiger partial charge on any atom is 0.160 e. The largest absolute Gasteiger partial charge is 0.497 e. The van der Waals surface area contributed by atoms with Crippen molar-refractivity contribution in [1.82, 2.24) is 0 Å². The van der Waals surface area contributed by atoms with E-state index in [1.165, 1.54) is 11.1 Å². The Hall–Kier alpha value is -2.20. The summed E-state index contributed by atoms with van der Waals surface area (Å²) in [6, 6.07) is 15.0. The summed E-state index contributed by atoms with van der Waals surface area (Å²) in [5.41, 5.74) is 2.60. The number of rotatable bonds is 9. The molecule has 0 bridgehead atoms. The van der Waals surface area contributed by atoms with Crippen molar-refractivity contribution < 1.29 is 19.5 Å². The quantitative estimate of drug-likeness (QED) is 0.768. The van der Waals surface area contributed by atoms with Crippen molar-refractivity contribution in [2.45, 2.75) is 25.8 Å². The Morgan fingerprint density at radius 2 is 1.50 bits per heavy atom. The molecular formula is C20H28NO3+. The minimum absolute atomic E-state index is 0.540. The molecule has 4 heteroatoms. The van der Waals surface area contributed by atoms with Crippen LogP contribution < -0.4 is 19.5 Å². The summed E-state index contributed by atoms with van der Waals surface area (Å²) in [6.07, 6.45) is 2.06. The van der Waals surface area contributed by atoms with Gasteiger partial charge in [-0.3, -0.25) is 0 Å². The molecule has 0 amide bonds. The van der Waals surface area contributed by atoms with Crippen molar-refractivity contribution in [1.29, 1.82) is 0 Å². The van der Waals surface area contributed by atoms with Crippen LogP contribution in [0.15, 0.2) is 42.5 Å². The van der Waals surface area contributed by atoms with E-state index in [-0.39, 0.29) is 0 Å². The van der Waals surface area contributed by atoms with Gasteiger partial charge in [-0.1, -0.05) is 18.2 Å². The Morgan fingerprint density at radius 1 is 0.833 bits per heavy atom. The van der Waals surface area contributed by atoms with Gasteiger partial charge in [0, 0.05) is 12.8 Å². The van der Waals surface area contributed by atoms with Gasteiger partial charge >= 0.3 is 0 Å². The number of ether oxygens (including phenoxy) is 3. The maximum absolute atomic E-state index is 5.36. The van der Waals surface area contributed by atoms with E-state index >= 15 is 0 Å². The fourth-order valence-corrected chi connectivity index (χ4v) is 2.79. The summed E-state index contributed by atoms with van der Waals surface area (Å²) in [4.78, 5) is 0. The molecular weight excluding hydrogens is 302 g/mol. The van der Waals surface area contributed by atoms with E-state index in [9.17, 15) is 0 Å². The minimum Gasteiger partial charge on any atom is -0.497 e. The van der Waals surface area contributed by atoms with Crippen molar-refractivity contribution >= 4 is 0 Å². The van der Waals surface area contributed by atoms with Gasteiger partial charge in [0.2, 0.25) is 0 Å². The second-order valence-electron chi connectivity index (χ2n) is 5.99. The Kier molecular flexibility index (Phi) is 6.94. The van der Waals surface area contributed by atoms with Gasteiger partial charge in [-0.05, 0) is 42.3 Å². The molecule has 0 radical (unpaired) electrons. The van der Waals surface area contributed by atoms with Gasteiger partial charge in [-0.2, -0.15) is 0 Å². The lowest BCUT2D eigenvalue weighted by atomic mass is 10.1. The SMILES string of the molecule is COc1ccc(C[C@@H](C)[NH2+]CCc2ccc(OC)c(OC)c2)cc1. The third kappa shape index (κ3) is 5.17. The topological polar surface area (TPSA) is 44.3 Å². The molecule has 24 heavy (non-hydrogen) atoms. The first-order chi connectivity index (χ1) is 11.7. The highest BCUT2D eigenvalue weighted by Gasteiger charge is 2.08. The molecule has 0 unspecified atom stereocenters.